The van der Waals surface area contributed by atoms with Gasteiger partial charge in [-0.3, -0.25) is 4.79 Å². The molecule has 0 aliphatic carbocycles. The van der Waals surface area contributed by atoms with Gasteiger partial charge >= 0.3 is 0 Å². The first kappa shape index (κ1) is 17.9. The second-order valence-corrected chi connectivity index (χ2v) is 8.88. The molecule has 1 amide bonds. The molecule has 0 radical (unpaired) electrons. The Hall–Kier alpha value is -2.15. The molecule has 1 aromatic heterocycles. The molecule has 2 aliphatic heterocycles. The minimum atomic E-state index is -0.0931. The molecule has 5 rings (SSSR count). The van der Waals surface area contributed by atoms with Gasteiger partial charge in [-0.2, -0.15) is 0 Å². The van der Waals surface area contributed by atoms with E-state index in [-0.39, 0.29) is 12.0 Å². The number of thiophene rings is 1. The summed E-state index contributed by atoms with van der Waals surface area (Å²) >= 11 is 5.02. The van der Waals surface area contributed by atoms with Crippen LogP contribution in [0.4, 0.5) is 0 Å². The number of para-hydroxylation sites is 1. The van der Waals surface area contributed by atoms with Crippen molar-refractivity contribution >= 4 is 33.2 Å². The lowest BCUT2D eigenvalue weighted by Crippen LogP contribution is -2.42. The van der Waals surface area contributed by atoms with Crippen molar-refractivity contribution < 1.29 is 14.3 Å². The molecule has 3 heterocycles. The van der Waals surface area contributed by atoms with Crippen molar-refractivity contribution in [2.75, 3.05) is 19.7 Å². The highest BCUT2D eigenvalue weighted by atomic mass is 79.9. The van der Waals surface area contributed by atoms with Crippen LogP contribution in [0.5, 0.6) is 5.75 Å². The monoisotopic (exact) mass is 455 g/mol. The zero-order valence-corrected chi connectivity index (χ0v) is 17.5. The van der Waals surface area contributed by atoms with E-state index in [4.69, 9.17) is 9.47 Å². The van der Waals surface area contributed by atoms with Crippen molar-refractivity contribution in [2.24, 2.45) is 0 Å². The summed E-state index contributed by atoms with van der Waals surface area (Å²) in [6.45, 7) is 2.24. The molecule has 2 aliphatic rings. The van der Waals surface area contributed by atoms with Crippen LogP contribution in [0.1, 0.15) is 26.9 Å². The summed E-state index contributed by atoms with van der Waals surface area (Å²) in [6, 6.07) is 18.1. The number of hydrogen-bond donors (Lipinski definition) is 0. The summed E-state index contributed by atoms with van der Waals surface area (Å²) in [7, 11) is 0. The number of amides is 1. The Morgan fingerprint density at radius 2 is 1.96 bits per heavy atom. The van der Waals surface area contributed by atoms with Crippen molar-refractivity contribution in [3.05, 3.63) is 75.1 Å². The van der Waals surface area contributed by atoms with Crippen LogP contribution in [0.2, 0.25) is 0 Å². The summed E-state index contributed by atoms with van der Waals surface area (Å²) in [6.07, 6.45) is -0.0931. The Morgan fingerprint density at radius 1 is 1.14 bits per heavy atom. The molecule has 0 N–H and O–H groups in total. The predicted molar refractivity (Wildman–Crippen MR) is 113 cm³/mol. The van der Waals surface area contributed by atoms with Crippen molar-refractivity contribution in [3.63, 3.8) is 0 Å². The average Bonchev–Trinajstić information content (AvgIpc) is 3.19. The van der Waals surface area contributed by atoms with Gasteiger partial charge in [-0.15, -0.1) is 11.3 Å². The molecule has 2 aromatic carbocycles. The van der Waals surface area contributed by atoms with Crippen LogP contribution in [-0.2, 0) is 11.3 Å². The van der Waals surface area contributed by atoms with Crippen LogP contribution in [0, 0.1) is 0 Å². The Labute approximate surface area is 175 Å². The van der Waals surface area contributed by atoms with E-state index >= 15 is 0 Å². The molecule has 3 aromatic rings. The fourth-order valence-electron chi connectivity index (χ4n) is 3.67. The Morgan fingerprint density at radius 3 is 2.82 bits per heavy atom. The zero-order valence-electron chi connectivity index (χ0n) is 15.1. The number of rotatable bonds is 2. The third-order valence-electron chi connectivity index (χ3n) is 5.13. The number of nitrogens with zero attached hydrogens (tertiary/aromatic N) is 1. The van der Waals surface area contributed by atoms with Crippen LogP contribution in [0.25, 0.3) is 10.4 Å². The molecule has 1 fully saturated rings. The maximum Gasteiger partial charge on any atom is 0.264 e. The Bertz CT molecular complexity index is 1030. The van der Waals surface area contributed by atoms with Gasteiger partial charge in [0.25, 0.3) is 5.91 Å². The second kappa shape index (κ2) is 7.35. The quantitative estimate of drug-likeness (QED) is 0.527. The Kier molecular flexibility index (Phi) is 4.70. The lowest BCUT2D eigenvalue weighted by molar-refractivity contribution is -0.0226. The number of halogens is 1. The SMILES string of the molecule is O=C(c1cc2c(s1)-c1ccccc1OC2)N1CCOC(c2ccc(Br)cc2)C1. The molecule has 0 spiro atoms. The molecule has 28 heavy (non-hydrogen) atoms. The van der Waals surface area contributed by atoms with Gasteiger partial charge in [0.1, 0.15) is 18.5 Å². The van der Waals surface area contributed by atoms with E-state index < -0.39 is 0 Å². The summed E-state index contributed by atoms with van der Waals surface area (Å²) in [5.41, 5.74) is 3.25. The van der Waals surface area contributed by atoms with Gasteiger partial charge in [0.15, 0.2) is 0 Å². The normalized spacial score (nSPS) is 18.2. The average molecular weight is 456 g/mol. The molecule has 4 nitrogen and oxygen atoms in total. The molecule has 142 valence electrons. The van der Waals surface area contributed by atoms with Gasteiger partial charge in [0.2, 0.25) is 0 Å². The number of carbonyl (C=O) groups excluding carboxylic acids is 1. The molecule has 0 saturated carbocycles. The first-order valence-electron chi connectivity index (χ1n) is 9.20. The Balaban J connectivity index is 1.38. The largest absolute Gasteiger partial charge is 0.488 e. The lowest BCUT2D eigenvalue weighted by atomic mass is 10.1. The maximum absolute atomic E-state index is 13.2. The van der Waals surface area contributed by atoms with E-state index in [1.54, 1.807) is 11.3 Å². The minimum absolute atomic E-state index is 0.0716. The predicted octanol–water partition coefficient (Wildman–Crippen LogP) is 5.28. The zero-order chi connectivity index (χ0) is 19.1. The number of fused-ring (bicyclic) bond motifs is 3. The van der Waals surface area contributed by atoms with E-state index in [1.165, 1.54) is 0 Å². The highest BCUT2D eigenvalue weighted by Crippen LogP contribution is 2.42. The van der Waals surface area contributed by atoms with Gasteiger partial charge in [0.05, 0.1) is 18.0 Å². The molecule has 1 unspecified atom stereocenters. The molecule has 1 atom stereocenters. The minimum Gasteiger partial charge on any atom is -0.488 e. The second-order valence-electron chi connectivity index (χ2n) is 6.91. The lowest BCUT2D eigenvalue weighted by Gasteiger charge is -2.33. The van der Waals surface area contributed by atoms with Crippen LogP contribution in [-0.4, -0.2) is 30.5 Å². The van der Waals surface area contributed by atoms with Crippen LogP contribution < -0.4 is 4.74 Å². The number of ether oxygens (including phenoxy) is 2. The highest BCUT2D eigenvalue weighted by Gasteiger charge is 2.29. The van der Waals surface area contributed by atoms with Crippen molar-refractivity contribution in [2.45, 2.75) is 12.7 Å². The van der Waals surface area contributed by atoms with Crippen LogP contribution >= 0.6 is 27.3 Å². The summed E-state index contributed by atoms with van der Waals surface area (Å²) < 4.78 is 12.8. The smallest absolute Gasteiger partial charge is 0.264 e. The van der Waals surface area contributed by atoms with Gasteiger partial charge in [-0.05, 0) is 35.9 Å². The maximum atomic E-state index is 13.2. The first-order valence-corrected chi connectivity index (χ1v) is 10.8. The number of benzene rings is 2. The fourth-order valence-corrected chi connectivity index (χ4v) is 5.10. The van der Waals surface area contributed by atoms with Crippen LogP contribution in [0.15, 0.2) is 59.1 Å². The third kappa shape index (κ3) is 3.26. The number of carbonyl (C=O) groups is 1. The van der Waals surface area contributed by atoms with E-state index in [0.717, 1.165) is 36.7 Å². The van der Waals surface area contributed by atoms with Gasteiger partial charge in [-0.1, -0.05) is 40.2 Å². The topological polar surface area (TPSA) is 38.8 Å². The van der Waals surface area contributed by atoms with Crippen LogP contribution in [0.3, 0.4) is 0 Å². The standard InChI is InChI=1S/C22H18BrNO3S/c23-16-7-5-14(6-8-16)19-12-24(9-10-26-19)22(25)20-11-15-13-27-18-4-2-1-3-17(18)21(15)28-20/h1-8,11,19H,9-10,12-13H2. The van der Waals surface area contributed by atoms with Gasteiger partial charge in [-0.25, -0.2) is 0 Å². The third-order valence-corrected chi connectivity index (χ3v) is 6.86. The van der Waals surface area contributed by atoms with Gasteiger partial charge < -0.3 is 14.4 Å². The van der Waals surface area contributed by atoms with E-state index in [0.29, 0.717) is 26.3 Å². The molecule has 0 bridgehead atoms. The van der Waals surface area contributed by atoms with Gasteiger partial charge in [0, 0.05) is 27.0 Å². The highest BCUT2D eigenvalue weighted by molar-refractivity contribution is 9.10. The van der Waals surface area contributed by atoms with Crippen molar-refractivity contribution in [1.82, 2.24) is 4.90 Å². The van der Waals surface area contributed by atoms with E-state index in [2.05, 4.69) is 22.0 Å². The van der Waals surface area contributed by atoms with Crippen molar-refractivity contribution in [1.29, 1.82) is 0 Å². The fraction of sp³-hybridized carbons (Fsp3) is 0.227. The number of hydrogen-bond acceptors (Lipinski definition) is 4. The number of morpholine rings is 1. The molecular formula is C22H18BrNO3S. The van der Waals surface area contributed by atoms with E-state index in [1.807, 2.05) is 53.4 Å². The molecule has 6 heteroatoms. The van der Waals surface area contributed by atoms with Crippen molar-refractivity contribution in [3.8, 4) is 16.2 Å². The summed E-state index contributed by atoms with van der Waals surface area (Å²) in [4.78, 5) is 17.0. The first-order chi connectivity index (χ1) is 13.7. The summed E-state index contributed by atoms with van der Waals surface area (Å²) in [5.74, 6) is 0.958. The molecular weight excluding hydrogens is 438 g/mol. The van der Waals surface area contributed by atoms with E-state index in [9.17, 15) is 4.79 Å². The summed E-state index contributed by atoms with van der Waals surface area (Å²) in [5, 5.41) is 0. The molecule has 1 saturated heterocycles.